The number of rotatable bonds is 1. The zero-order chi connectivity index (χ0) is 7.82. The van der Waals surface area contributed by atoms with E-state index in [9.17, 15) is 0 Å². The molecule has 1 aromatic rings. The maximum absolute atomic E-state index is 2.30. The van der Waals surface area contributed by atoms with Crippen LogP contribution >= 0.6 is 0 Å². The maximum atomic E-state index is 2.30. The highest BCUT2D eigenvalue weighted by molar-refractivity contribution is 6.51. The summed E-state index contributed by atoms with van der Waals surface area (Å²) in [5.41, 5.74) is 0. The Morgan fingerprint density at radius 3 is 1.90 bits per heavy atom. The fourth-order valence-corrected chi connectivity index (χ4v) is 1.46. The summed E-state index contributed by atoms with van der Waals surface area (Å²) < 4.78 is 0. The van der Waals surface area contributed by atoms with Crippen LogP contribution in [-0.2, 0) is 0 Å². The van der Waals surface area contributed by atoms with E-state index in [1.54, 1.807) is 5.19 Å². The first-order valence-electron chi connectivity index (χ1n) is 3.97. The fourth-order valence-electron chi connectivity index (χ4n) is 0.714. The number of hydrogen-bond donors (Lipinski definition) is 0. The monoisotopic (exact) mass is 168 g/mol. The predicted octanol–water partition coefficient (Wildman–Crippen LogP) is -0.0713. The van der Waals surface area contributed by atoms with Gasteiger partial charge in [0.05, 0.1) is 9.52 Å². The van der Waals surface area contributed by atoms with Crippen LogP contribution in [0.2, 0.25) is 13.1 Å². The molecule has 0 aromatic heterocycles. The molecule has 2 heteroatoms. The van der Waals surface area contributed by atoms with Gasteiger partial charge >= 0.3 is 0 Å². The Morgan fingerprint density at radius 2 is 1.60 bits per heavy atom. The van der Waals surface area contributed by atoms with Crippen molar-refractivity contribution in [1.82, 2.24) is 0 Å². The maximum Gasteiger partial charge on any atom is 0.0516 e. The summed E-state index contributed by atoms with van der Waals surface area (Å²) in [5, 5.41) is 1.55. The molecular formula is C8H16Si2. The third kappa shape index (κ3) is 3.64. The molecule has 0 spiro atoms. The van der Waals surface area contributed by atoms with E-state index in [0.29, 0.717) is 0 Å². The minimum absolute atomic E-state index is 0.0913. The minimum Gasteiger partial charge on any atom is -0.0777 e. The van der Waals surface area contributed by atoms with Crippen molar-refractivity contribution in [2.45, 2.75) is 13.1 Å². The van der Waals surface area contributed by atoms with Crippen LogP contribution in [0.4, 0.5) is 0 Å². The highest BCUT2D eigenvalue weighted by Crippen LogP contribution is 1.79. The van der Waals surface area contributed by atoms with E-state index in [-0.39, 0.29) is 9.52 Å². The summed E-state index contributed by atoms with van der Waals surface area (Å²) in [6, 6.07) is 10.7. The van der Waals surface area contributed by atoms with Crippen molar-refractivity contribution in [3.63, 3.8) is 0 Å². The molecular weight excluding hydrogens is 152 g/mol. The van der Waals surface area contributed by atoms with Crippen LogP contribution in [0.25, 0.3) is 0 Å². The first kappa shape index (κ1) is 9.65. The average molecular weight is 168 g/mol. The van der Waals surface area contributed by atoms with Gasteiger partial charge in [-0.1, -0.05) is 48.6 Å². The molecule has 0 bridgehead atoms. The molecule has 56 valence electrons. The Labute approximate surface area is 68.9 Å². The fraction of sp³-hybridized carbons (Fsp3) is 0.250. The summed E-state index contributed by atoms with van der Waals surface area (Å²) in [6.45, 7) is 4.44. The van der Waals surface area contributed by atoms with Gasteiger partial charge in [0.2, 0.25) is 0 Å². The van der Waals surface area contributed by atoms with Gasteiger partial charge < -0.3 is 0 Å². The van der Waals surface area contributed by atoms with Crippen LogP contribution in [0.5, 0.6) is 0 Å². The molecule has 0 radical (unpaired) electrons. The van der Waals surface area contributed by atoms with Gasteiger partial charge in [-0.15, -0.1) is 0 Å². The summed E-state index contributed by atoms with van der Waals surface area (Å²) in [5.74, 6) is 0. The molecule has 0 aliphatic rings. The molecule has 0 saturated carbocycles. The van der Waals surface area contributed by atoms with Gasteiger partial charge in [0, 0.05) is 0 Å². The summed E-state index contributed by atoms with van der Waals surface area (Å²) in [4.78, 5) is 0. The first-order valence-corrected chi connectivity index (χ1v) is 8.09. The standard InChI is InChI=1S/C7H10Si.CH6Si/c1-8-7-5-3-2-4-6-7;1-2/h2-6H,8H2,1H3;1-2H3. The van der Waals surface area contributed by atoms with Crippen LogP contribution in [0, 0.1) is 0 Å². The topological polar surface area (TPSA) is 0 Å². The van der Waals surface area contributed by atoms with E-state index in [0.717, 1.165) is 0 Å². The van der Waals surface area contributed by atoms with Crippen molar-refractivity contribution in [1.29, 1.82) is 0 Å². The molecule has 0 aliphatic carbocycles. The molecule has 10 heavy (non-hydrogen) atoms. The Morgan fingerprint density at radius 1 is 1.10 bits per heavy atom. The number of hydrogen-bond acceptors (Lipinski definition) is 0. The highest BCUT2D eigenvalue weighted by Gasteiger charge is 1.80. The van der Waals surface area contributed by atoms with Gasteiger partial charge in [0.15, 0.2) is 0 Å². The Kier molecular flexibility index (Phi) is 6.53. The Bertz CT molecular complexity index is 149. The Hall–Kier alpha value is -0.346. The summed E-state index contributed by atoms with van der Waals surface area (Å²) >= 11 is 0. The second-order valence-electron chi connectivity index (χ2n) is 1.84. The van der Waals surface area contributed by atoms with Crippen molar-refractivity contribution in [3.8, 4) is 0 Å². The van der Waals surface area contributed by atoms with E-state index in [2.05, 4.69) is 43.4 Å². The molecule has 0 unspecified atom stereocenters. The molecule has 0 saturated heterocycles. The summed E-state index contributed by atoms with van der Waals surface area (Å²) in [7, 11) is 1.40. The lowest BCUT2D eigenvalue weighted by atomic mass is 10.4. The van der Waals surface area contributed by atoms with Gasteiger partial charge in [-0.05, 0) is 10.2 Å². The van der Waals surface area contributed by atoms with Crippen molar-refractivity contribution < 1.29 is 0 Å². The third-order valence-electron chi connectivity index (χ3n) is 1.25. The average Bonchev–Trinajstić information content (AvgIpc) is 2.10. The Balaban J connectivity index is 0.000000371. The molecule has 1 rings (SSSR count). The summed E-state index contributed by atoms with van der Waals surface area (Å²) in [6.07, 6.45) is 0. The van der Waals surface area contributed by atoms with E-state index < -0.39 is 0 Å². The second-order valence-corrected chi connectivity index (χ2v) is 3.36. The predicted molar refractivity (Wildman–Crippen MR) is 56.3 cm³/mol. The molecule has 0 aliphatic heterocycles. The molecule has 0 N–H and O–H groups in total. The van der Waals surface area contributed by atoms with Crippen LogP contribution in [-0.4, -0.2) is 19.8 Å². The van der Waals surface area contributed by atoms with Crippen LogP contribution in [0.15, 0.2) is 30.3 Å². The van der Waals surface area contributed by atoms with Crippen LogP contribution in [0.3, 0.4) is 0 Å². The molecule has 0 nitrogen and oxygen atoms in total. The smallest absolute Gasteiger partial charge is 0.0516 e. The van der Waals surface area contributed by atoms with E-state index in [1.165, 1.54) is 10.2 Å². The normalized spacial score (nSPS) is 9.40. The molecule has 1 aromatic carbocycles. The van der Waals surface area contributed by atoms with Gasteiger partial charge in [-0.25, -0.2) is 0 Å². The minimum atomic E-state index is 0.0913. The van der Waals surface area contributed by atoms with E-state index in [4.69, 9.17) is 0 Å². The van der Waals surface area contributed by atoms with Gasteiger partial charge in [-0.3, -0.25) is 0 Å². The zero-order valence-electron chi connectivity index (χ0n) is 7.09. The largest absolute Gasteiger partial charge is 0.0777 e. The van der Waals surface area contributed by atoms with Crippen molar-refractivity contribution in [3.05, 3.63) is 30.3 Å². The SMILES string of the molecule is C[SiH2]c1ccccc1.C[SiH3]. The van der Waals surface area contributed by atoms with Crippen LogP contribution < -0.4 is 5.19 Å². The number of benzene rings is 1. The lowest BCUT2D eigenvalue weighted by molar-refractivity contribution is 1.77. The van der Waals surface area contributed by atoms with Crippen molar-refractivity contribution >= 4 is 24.9 Å². The first-order chi connectivity index (χ1) is 4.93. The van der Waals surface area contributed by atoms with E-state index >= 15 is 0 Å². The third-order valence-corrected chi connectivity index (χ3v) is 2.54. The molecule has 0 fully saturated rings. The van der Waals surface area contributed by atoms with Crippen LogP contribution in [0.1, 0.15) is 0 Å². The lowest BCUT2D eigenvalue weighted by Crippen LogP contribution is -2.07. The van der Waals surface area contributed by atoms with Crippen molar-refractivity contribution in [2.75, 3.05) is 0 Å². The van der Waals surface area contributed by atoms with E-state index in [1.807, 2.05) is 0 Å². The second kappa shape index (κ2) is 6.77. The molecule has 0 heterocycles. The quantitative estimate of drug-likeness (QED) is 0.515. The zero-order valence-corrected chi connectivity index (χ0v) is 10.5. The molecule has 0 amide bonds. The van der Waals surface area contributed by atoms with Gasteiger partial charge in [0.25, 0.3) is 0 Å². The molecule has 0 atom stereocenters. The lowest BCUT2D eigenvalue weighted by Gasteiger charge is -1.89. The highest BCUT2D eigenvalue weighted by atomic mass is 28.2. The van der Waals surface area contributed by atoms with Gasteiger partial charge in [-0.2, -0.15) is 0 Å². The van der Waals surface area contributed by atoms with Gasteiger partial charge in [0.1, 0.15) is 0 Å². The van der Waals surface area contributed by atoms with Crippen molar-refractivity contribution in [2.24, 2.45) is 0 Å².